The number of anilines is 2. The van der Waals surface area contributed by atoms with Crippen LogP contribution in [0.25, 0.3) is 22.1 Å². The lowest BCUT2D eigenvalue weighted by molar-refractivity contribution is 0.840. The highest BCUT2D eigenvalue weighted by Gasteiger charge is 2.09. The molecular formula is C23H21Cl2N11. The molecule has 6 aromatic heterocycles. The number of halogens is 2. The quantitative estimate of drug-likeness (QED) is 0.233. The summed E-state index contributed by atoms with van der Waals surface area (Å²) >= 11 is 11.7. The third-order valence-corrected chi connectivity index (χ3v) is 5.64. The molecule has 0 saturated heterocycles. The molecule has 0 aliphatic heterocycles. The molecule has 182 valence electrons. The highest BCUT2D eigenvalue weighted by molar-refractivity contribution is 6.29. The Labute approximate surface area is 215 Å². The van der Waals surface area contributed by atoms with Crippen LogP contribution >= 0.6 is 23.2 Å². The Bertz CT molecular complexity index is 1590. The molecule has 0 spiro atoms. The fourth-order valence-corrected chi connectivity index (χ4v) is 3.87. The summed E-state index contributed by atoms with van der Waals surface area (Å²) in [7, 11) is 2.01. The minimum absolute atomic E-state index is 0.196. The summed E-state index contributed by atoms with van der Waals surface area (Å²) in [6.45, 7) is 1.17. The van der Waals surface area contributed by atoms with E-state index >= 15 is 0 Å². The van der Waals surface area contributed by atoms with Gasteiger partial charge in [0.1, 0.15) is 28.8 Å². The van der Waals surface area contributed by atoms with Gasteiger partial charge in [-0.1, -0.05) is 0 Å². The van der Waals surface area contributed by atoms with Gasteiger partial charge >= 0.3 is 0 Å². The molecule has 0 bridgehead atoms. The van der Waals surface area contributed by atoms with Gasteiger partial charge < -0.3 is 25.2 Å². The van der Waals surface area contributed by atoms with E-state index in [1.165, 1.54) is 5.69 Å². The highest BCUT2D eigenvalue weighted by atomic mass is 35.5. The Morgan fingerprint density at radius 3 is 1.92 bits per heavy atom. The van der Waals surface area contributed by atoms with Gasteiger partial charge in [-0.15, -0.1) is 0 Å². The van der Waals surface area contributed by atoms with Crippen LogP contribution in [0.5, 0.6) is 0 Å². The Balaban J connectivity index is 0.000000148. The maximum atomic E-state index is 5.89. The number of fused-ring (bicyclic) bond motifs is 2. The van der Waals surface area contributed by atoms with Crippen molar-refractivity contribution in [1.29, 1.82) is 0 Å². The number of rotatable bonds is 6. The van der Waals surface area contributed by atoms with Gasteiger partial charge in [0.25, 0.3) is 0 Å². The molecule has 4 N–H and O–H groups in total. The van der Waals surface area contributed by atoms with E-state index in [2.05, 4.69) is 61.1 Å². The smallest absolute Gasteiger partial charge is 0.226 e. The van der Waals surface area contributed by atoms with E-state index in [0.29, 0.717) is 30.4 Å². The van der Waals surface area contributed by atoms with Gasteiger partial charge in [-0.2, -0.15) is 9.97 Å². The van der Waals surface area contributed by atoms with Gasteiger partial charge in [0.15, 0.2) is 0 Å². The van der Waals surface area contributed by atoms with Gasteiger partial charge in [0, 0.05) is 43.7 Å². The third kappa shape index (κ3) is 5.37. The van der Waals surface area contributed by atoms with E-state index in [0.717, 1.165) is 22.2 Å². The Morgan fingerprint density at radius 1 is 0.778 bits per heavy atom. The van der Waals surface area contributed by atoms with Crippen molar-refractivity contribution in [3.8, 4) is 0 Å². The average molecular weight is 522 g/mol. The van der Waals surface area contributed by atoms with Crippen molar-refractivity contribution in [2.45, 2.75) is 13.1 Å². The Kier molecular flexibility index (Phi) is 6.92. The van der Waals surface area contributed by atoms with Crippen LogP contribution in [-0.2, 0) is 20.1 Å². The van der Waals surface area contributed by atoms with Gasteiger partial charge in [-0.05, 0) is 53.5 Å². The Morgan fingerprint density at radius 2 is 1.36 bits per heavy atom. The standard InChI is InChI=1S/C12H12ClN5.C11H9ClN6/c1-18-6-2-3-8(18)7-15-11-9-4-5-14-10(9)16-12(13)17-11;12-11-17-9-7(2-5-15-9)10(18-11)16-6-8-13-3-1-4-14-8/h2-6H,7H2,1H3,(H2,14,15,16,17);1-5H,6H2,(H2,15,16,17,18). The predicted octanol–water partition coefficient (Wildman–Crippen LogP) is 4.58. The molecule has 6 aromatic rings. The number of nitrogens with zero attached hydrogens (tertiary/aromatic N) is 7. The molecule has 0 saturated carbocycles. The molecule has 0 amide bonds. The number of aromatic nitrogens is 9. The second-order valence-electron chi connectivity index (χ2n) is 7.64. The maximum absolute atomic E-state index is 5.89. The molecule has 0 aliphatic carbocycles. The summed E-state index contributed by atoms with van der Waals surface area (Å²) in [4.78, 5) is 30.8. The number of H-pyrrole nitrogens is 2. The van der Waals surface area contributed by atoms with Crippen molar-refractivity contribution in [3.05, 3.63) is 83.4 Å². The lowest BCUT2D eigenvalue weighted by Crippen LogP contribution is -2.06. The Hall–Kier alpha value is -4.22. The largest absolute Gasteiger partial charge is 0.364 e. The molecule has 36 heavy (non-hydrogen) atoms. The number of aryl methyl sites for hydroxylation is 1. The minimum Gasteiger partial charge on any atom is -0.364 e. The number of hydrogen-bond donors (Lipinski definition) is 4. The van der Waals surface area contributed by atoms with Crippen LogP contribution in [-0.4, -0.2) is 44.4 Å². The lowest BCUT2D eigenvalue weighted by Gasteiger charge is -2.08. The van der Waals surface area contributed by atoms with Crippen LogP contribution in [0.1, 0.15) is 11.5 Å². The fourth-order valence-electron chi connectivity index (χ4n) is 3.54. The van der Waals surface area contributed by atoms with Crippen LogP contribution in [0.2, 0.25) is 10.6 Å². The molecule has 13 heteroatoms. The molecule has 0 aromatic carbocycles. The van der Waals surface area contributed by atoms with E-state index < -0.39 is 0 Å². The summed E-state index contributed by atoms with van der Waals surface area (Å²) in [6, 6.07) is 9.66. The summed E-state index contributed by atoms with van der Waals surface area (Å²) < 4.78 is 2.06. The van der Waals surface area contributed by atoms with Gasteiger partial charge in [-0.25, -0.2) is 19.9 Å². The second-order valence-corrected chi connectivity index (χ2v) is 8.32. The summed E-state index contributed by atoms with van der Waals surface area (Å²) in [6.07, 6.45) is 9.02. The SMILES string of the molecule is Clc1nc(NCc2ncccn2)c2cc[nH]c2n1.Cn1cccc1CNc1nc(Cl)nc2[nH]ccc12. The van der Waals surface area contributed by atoms with Crippen LogP contribution in [0.15, 0.2) is 61.3 Å². The first kappa shape index (κ1) is 23.5. The predicted molar refractivity (Wildman–Crippen MR) is 140 cm³/mol. The molecule has 0 unspecified atom stereocenters. The van der Waals surface area contributed by atoms with Gasteiger partial charge in [0.05, 0.1) is 23.9 Å². The molecule has 6 heterocycles. The summed E-state index contributed by atoms with van der Waals surface area (Å²) in [5, 5.41) is 8.69. The van der Waals surface area contributed by atoms with Crippen LogP contribution in [0.3, 0.4) is 0 Å². The van der Waals surface area contributed by atoms with E-state index in [1.807, 2.05) is 37.6 Å². The molecule has 0 fully saturated rings. The van der Waals surface area contributed by atoms with Crippen molar-refractivity contribution in [3.63, 3.8) is 0 Å². The highest BCUT2D eigenvalue weighted by Crippen LogP contribution is 2.22. The number of nitrogens with one attached hydrogen (secondary N) is 4. The first-order chi connectivity index (χ1) is 17.6. The first-order valence-electron chi connectivity index (χ1n) is 10.9. The molecule has 11 nitrogen and oxygen atoms in total. The van der Waals surface area contributed by atoms with Crippen LogP contribution in [0.4, 0.5) is 11.6 Å². The minimum atomic E-state index is 0.196. The zero-order valence-electron chi connectivity index (χ0n) is 19.1. The van der Waals surface area contributed by atoms with Crippen molar-refractivity contribution >= 4 is 56.9 Å². The monoisotopic (exact) mass is 521 g/mol. The van der Waals surface area contributed by atoms with Crippen molar-refractivity contribution in [1.82, 2.24) is 44.4 Å². The van der Waals surface area contributed by atoms with E-state index in [1.54, 1.807) is 24.7 Å². The topological polar surface area (TPSA) is 138 Å². The molecule has 0 radical (unpaired) electrons. The van der Waals surface area contributed by atoms with Crippen molar-refractivity contribution in [2.75, 3.05) is 10.6 Å². The second kappa shape index (κ2) is 10.6. The molecule has 0 aliphatic rings. The van der Waals surface area contributed by atoms with Gasteiger partial charge in [-0.3, -0.25) is 0 Å². The first-order valence-corrected chi connectivity index (χ1v) is 11.7. The zero-order valence-corrected chi connectivity index (χ0v) is 20.6. The fraction of sp³-hybridized carbons (Fsp3) is 0.130. The van der Waals surface area contributed by atoms with Crippen molar-refractivity contribution < 1.29 is 0 Å². The van der Waals surface area contributed by atoms with E-state index in [-0.39, 0.29) is 10.6 Å². The summed E-state index contributed by atoms with van der Waals surface area (Å²) in [5.41, 5.74) is 2.62. The van der Waals surface area contributed by atoms with Crippen LogP contribution in [0, 0.1) is 0 Å². The number of hydrogen-bond acceptors (Lipinski definition) is 8. The third-order valence-electron chi connectivity index (χ3n) is 5.30. The zero-order chi connectivity index (χ0) is 24.9. The lowest BCUT2D eigenvalue weighted by atomic mass is 10.3. The average Bonchev–Trinajstić information content (AvgIpc) is 3.63. The van der Waals surface area contributed by atoms with E-state index in [9.17, 15) is 0 Å². The maximum Gasteiger partial charge on any atom is 0.226 e. The molecule has 0 atom stereocenters. The normalized spacial score (nSPS) is 10.9. The number of aromatic amines is 2. The summed E-state index contributed by atoms with van der Waals surface area (Å²) in [5.74, 6) is 2.10. The van der Waals surface area contributed by atoms with E-state index in [4.69, 9.17) is 23.2 Å². The van der Waals surface area contributed by atoms with Crippen LogP contribution < -0.4 is 10.6 Å². The molecular weight excluding hydrogens is 501 g/mol. The van der Waals surface area contributed by atoms with Gasteiger partial charge in [0.2, 0.25) is 10.6 Å². The van der Waals surface area contributed by atoms with Crippen molar-refractivity contribution in [2.24, 2.45) is 7.05 Å². The molecule has 6 rings (SSSR count).